The summed E-state index contributed by atoms with van der Waals surface area (Å²) in [6.45, 7) is 1.52. The highest BCUT2D eigenvalue weighted by Crippen LogP contribution is 2.34. The number of amides is 1. The molecule has 29 heavy (non-hydrogen) atoms. The predicted octanol–water partition coefficient (Wildman–Crippen LogP) is 5.21. The van der Waals surface area contributed by atoms with Crippen LogP contribution in [0.1, 0.15) is 16.1 Å². The van der Waals surface area contributed by atoms with E-state index in [9.17, 15) is 19.3 Å². The SMILES string of the molecule is Cc1onc(-c2c(F)cccc2Cl)c1C(=O)Nc1nc2ccc([N+](=O)[O-])cc2s1. The number of nitrogens with one attached hydrogen (secondary N) is 1. The third-order valence-electron chi connectivity index (χ3n) is 4.09. The molecule has 0 bridgehead atoms. The van der Waals surface area contributed by atoms with E-state index in [0.717, 1.165) is 11.3 Å². The molecule has 4 aromatic rings. The van der Waals surface area contributed by atoms with Crippen molar-refractivity contribution in [3.63, 3.8) is 0 Å². The van der Waals surface area contributed by atoms with Crippen molar-refractivity contribution < 1.29 is 18.6 Å². The number of anilines is 1. The van der Waals surface area contributed by atoms with E-state index in [0.29, 0.717) is 10.2 Å². The fourth-order valence-electron chi connectivity index (χ4n) is 2.77. The minimum Gasteiger partial charge on any atom is -0.360 e. The summed E-state index contributed by atoms with van der Waals surface area (Å²) in [6, 6.07) is 8.32. The van der Waals surface area contributed by atoms with Crippen molar-refractivity contribution in [2.45, 2.75) is 6.92 Å². The van der Waals surface area contributed by atoms with Gasteiger partial charge in [0.2, 0.25) is 0 Å². The van der Waals surface area contributed by atoms with Crippen LogP contribution >= 0.6 is 22.9 Å². The highest BCUT2D eigenvalue weighted by Gasteiger charge is 2.26. The molecule has 0 saturated heterocycles. The Hall–Kier alpha value is -3.37. The van der Waals surface area contributed by atoms with Crippen molar-refractivity contribution in [1.29, 1.82) is 0 Å². The van der Waals surface area contributed by atoms with Gasteiger partial charge in [0.05, 0.1) is 25.7 Å². The number of halogens is 2. The number of carbonyl (C=O) groups excluding carboxylic acids is 1. The Kier molecular flexibility index (Phi) is 4.73. The molecule has 4 rings (SSSR count). The molecular weight excluding hydrogens is 423 g/mol. The maximum absolute atomic E-state index is 14.3. The molecule has 8 nitrogen and oxygen atoms in total. The Labute approximate surface area is 171 Å². The van der Waals surface area contributed by atoms with Crippen molar-refractivity contribution in [1.82, 2.24) is 10.1 Å². The number of hydrogen-bond acceptors (Lipinski definition) is 7. The first-order chi connectivity index (χ1) is 13.8. The van der Waals surface area contributed by atoms with Gasteiger partial charge in [-0.15, -0.1) is 0 Å². The quantitative estimate of drug-likeness (QED) is 0.350. The maximum atomic E-state index is 14.3. The van der Waals surface area contributed by atoms with E-state index in [1.54, 1.807) is 0 Å². The Morgan fingerprint density at radius 1 is 1.34 bits per heavy atom. The van der Waals surface area contributed by atoms with Gasteiger partial charge in [-0.05, 0) is 25.1 Å². The average molecular weight is 433 g/mol. The minimum absolute atomic E-state index is 0.0160. The summed E-state index contributed by atoms with van der Waals surface area (Å²) in [5, 5.41) is 17.6. The van der Waals surface area contributed by atoms with Crippen LogP contribution in [0.2, 0.25) is 5.02 Å². The van der Waals surface area contributed by atoms with Crippen molar-refractivity contribution in [2.24, 2.45) is 0 Å². The summed E-state index contributed by atoms with van der Waals surface area (Å²) >= 11 is 7.15. The molecule has 1 amide bonds. The first kappa shape index (κ1) is 19.0. The number of fused-ring (bicyclic) bond motifs is 1. The number of aryl methyl sites for hydroxylation is 1. The summed E-state index contributed by atoms with van der Waals surface area (Å²) in [7, 11) is 0. The number of benzene rings is 2. The summed E-state index contributed by atoms with van der Waals surface area (Å²) in [5.74, 6) is -1.09. The number of nitrogens with zero attached hydrogens (tertiary/aromatic N) is 3. The topological polar surface area (TPSA) is 111 Å². The van der Waals surface area contributed by atoms with Crippen LogP contribution in [0.15, 0.2) is 40.9 Å². The van der Waals surface area contributed by atoms with E-state index >= 15 is 0 Å². The van der Waals surface area contributed by atoms with Crippen LogP contribution in [0.25, 0.3) is 21.5 Å². The van der Waals surface area contributed by atoms with Gasteiger partial charge in [-0.1, -0.05) is 34.2 Å². The number of rotatable bonds is 4. The van der Waals surface area contributed by atoms with Gasteiger partial charge in [-0.25, -0.2) is 9.37 Å². The van der Waals surface area contributed by atoms with Gasteiger partial charge < -0.3 is 4.52 Å². The zero-order valence-corrected chi connectivity index (χ0v) is 16.2. The molecule has 0 fully saturated rings. The Morgan fingerprint density at radius 3 is 2.86 bits per heavy atom. The first-order valence-corrected chi connectivity index (χ1v) is 9.31. The highest BCUT2D eigenvalue weighted by molar-refractivity contribution is 7.22. The second-order valence-corrected chi connectivity index (χ2v) is 7.38. The highest BCUT2D eigenvalue weighted by atomic mass is 35.5. The molecule has 2 aromatic heterocycles. The van der Waals surface area contributed by atoms with Crippen LogP contribution in [0.5, 0.6) is 0 Å². The molecule has 0 aliphatic heterocycles. The first-order valence-electron chi connectivity index (χ1n) is 8.12. The number of carbonyl (C=O) groups is 1. The molecule has 0 saturated carbocycles. The Balaban J connectivity index is 1.70. The maximum Gasteiger partial charge on any atom is 0.270 e. The average Bonchev–Trinajstić information content (AvgIpc) is 3.23. The lowest BCUT2D eigenvalue weighted by molar-refractivity contribution is -0.384. The van der Waals surface area contributed by atoms with Crippen LogP contribution in [-0.2, 0) is 0 Å². The largest absolute Gasteiger partial charge is 0.360 e. The van der Waals surface area contributed by atoms with E-state index in [2.05, 4.69) is 15.5 Å². The zero-order chi connectivity index (χ0) is 20.7. The third kappa shape index (κ3) is 3.43. The lowest BCUT2D eigenvalue weighted by Gasteiger charge is -2.05. The molecule has 11 heteroatoms. The second-order valence-electron chi connectivity index (χ2n) is 5.94. The molecule has 0 aliphatic rings. The number of aromatic nitrogens is 2. The van der Waals surface area contributed by atoms with Gasteiger partial charge >= 0.3 is 0 Å². The molecule has 146 valence electrons. The molecule has 0 spiro atoms. The lowest BCUT2D eigenvalue weighted by atomic mass is 10.1. The van der Waals surface area contributed by atoms with E-state index < -0.39 is 16.6 Å². The van der Waals surface area contributed by atoms with E-state index in [4.69, 9.17) is 16.1 Å². The molecule has 2 heterocycles. The van der Waals surface area contributed by atoms with E-state index in [1.807, 2.05) is 0 Å². The Morgan fingerprint density at radius 2 is 2.14 bits per heavy atom. The summed E-state index contributed by atoms with van der Waals surface area (Å²) < 4.78 is 19.9. The zero-order valence-electron chi connectivity index (χ0n) is 14.6. The van der Waals surface area contributed by atoms with Gasteiger partial charge in [-0.3, -0.25) is 20.2 Å². The normalized spacial score (nSPS) is 11.0. The summed E-state index contributed by atoms with van der Waals surface area (Å²) in [5.41, 5.74) is 0.360. The molecule has 0 aliphatic carbocycles. The Bertz CT molecular complexity index is 1270. The smallest absolute Gasteiger partial charge is 0.270 e. The van der Waals surface area contributed by atoms with Crippen molar-refractivity contribution >= 4 is 49.9 Å². The number of nitro benzene ring substituents is 1. The van der Waals surface area contributed by atoms with Crippen molar-refractivity contribution in [2.75, 3.05) is 5.32 Å². The number of non-ortho nitro benzene ring substituents is 1. The number of thiazole rings is 1. The van der Waals surface area contributed by atoms with Gasteiger partial charge in [-0.2, -0.15) is 0 Å². The fraction of sp³-hybridized carbons (Fsp3) is 0.0556. The van der Waals surface area contributed by atoms with Crippen LogP contribution in [0.4, 0.5) is 15.2 Å². The van der Waals surface area contributed by atoms with Crippen LogP contribution < -0.4 is 5.32 Å². The molecule has 2 aromatic carbocycles. The van der Waals surface area contributed by atoms with Gasteiger partial charge in [0.15, 0.2) is 5.13 Å². The van der Waals surface area contributed by atoms with Gasteiger partial charge in [0.1, 0.15) is 22.8 Å². The second kappa shape index (κ2) is 7.22. The molecule has 0 atom stereocenters. The van der Waals surface area contributed by atoms with Crippen LogP contribution in [0.3, 0.4) is 0 Å². The summed E-state index contributed by atoms with van der Waals surface area (Å²) in [4.78, 5) is 27.5. The molecule has 1 N–H and O–H groups in total. The van der Waals surface area contributed by atoms with Crippen LogP contribution in [0, 0.1) is 22.9 Å². The lowest BCUT2D eigenvalue weighted by Crippen LogP contribution is -2.13. The van der Waals surface area contributed by atoms with Crippen molar-refractivity contribution in [3.05, 3.63) is 68.7 Å². The third-order valence-corrected chi connectivity index (χ3v) is 5.34. The van der Waals surface area contributed by atoms with Crippen LogP contribution in [-0.4, -0.2) is 21.0 Å². The van der Waals surface area contributed by atoms with Crippen molar-refractivity contribution in [3.8, 4) is 11.3 Å². The molecular formula is C18H10ClFN4O4S. The summed E-state index contributed by atoms with van der Waals surface area (Å²) in [6.07, 6.45) is 0. The monoisotopic (exact) mass is 432 g/mol. The molecule has 0 unspecified atom stereocenters. The van der Waals surface area contributed by atoms with Gasteiger partial charge in [0.25, 0.3) is 11.6 Å². The number of hydrogen-bond donors (Lipinski definition) is 1. The standard InChI is InChI=1S/C18H10ClFN4O4S/c1-8-14(16(23-28-8)15-10(19)3-2-4-11(15)20)17(25)22-18-21-12-6-5-9(24(26)27)7-13(12)29-18/h2-7H,1H3,(H,21,22,25). The fourth-order valence-corrected chi connectivity index (χ4v) is 3.92. The number of nitro groups is 1. The van der Waals surface area contributed by atoms with E-state index in [1.165, 1.54) is 43.3 Å². The predicted molar refractivity (Wildman–Crippen MR) is 106 cm³/mol. The minimum atomic E-state index is -0.646. The molecule has 0 radical (unpaired) electrons. The van der Waals surface area contributed by atoms with Gasteiger partial charge in [0, 0.05) is 12.1 Å². The van der Waals surface area contributed by atoms with E-state index in [-0.39, 0.29) is 38.4 Å².